The van der Waals surface area contributed by atoms with E-state index in [2.05, 4.69) is 6.92 Å². The van der Waals surface area contributed by atoms with E-state index in [-0.39, 0.29) is 0 Å². The Hall–Kier alpha value is -1.06. The lowest BCUT2D eigenvalue weighted by atomic mass is 10.0. The number of carbonyl (C=O) groups is 2. The summed E-state index contributed by atoms with van der Waals surface area (Å²) in [6.07, 6.45) is 12.9. The molecule has 0 saturated carbocycles. The van der Waals surface area contributed by atoms with Crippen LogP contribution in [0.1, 0.15) is 90.9 Å². The van der Waals surface area contributed by atoms with Crippen LogP contribution in [0.15, 0.2) is 0 Å². The molecule has 0 aromatic rings. The molecule has 0 aliphatic rings. The van der Waals surface area contributed by atoms with Crippen molar-refractivity contribution in [2.24, 2.45) is 0 Å². The number of rotatable bonds is 14. The molecular formula is C17H32O4. The Balaban J connectivity index is 3.38. The fourth-order valence-corrected chi connectivity index (χ4v) is 2.43. The van der Waals surface area contributed by atoms with Crippen molar-refractivity contribution in [3.63, 3.8) is 0 Å². The van der Waals surface area contributed by atoms with E-state index in [9.17, 15) is 9.59 Å². The minimum Gasteiger partial charge on any atom is -0.479 e. The highest BCUT2D eigenvalue weighted by Crippen LogP contribution is 2.13. The molecule has 4 heteroatoms. The first-order chi connectivity index (χ1) is 10.1. The van der Waals surface area contributed by atoms with Crippen LogP contribution in [0.4, 0.5) is 0 Å². The fraction of sp³-hybridized carbons (Fsp3) is 0.882. The Kier molecular flexibility index (Phi) is 13.2. The van der Waals surface area contributed by atoms with Crippen LogP contribution in [-0.2, 0) is 14.3 Å². The average molecular weight is 300 g/mol. The summed E-state index contributed by atoms with van der Waals surface area (Å²) in [6.45, 7) is 3.48. The van der Waals surface area contributed by atoms with Gasteiger partial charge in [0.1, 0.15) is 0 Å². The summed E-state index contributed by atoms with van der Waals surface area (Å²) in [4.78, 5) is 21.6. The second kappa shape index (κ2) is 13.9. The molecule has 0 saturated heterocycles. The summed E-state index contributed by atoms with van der Waals surface area (Å²) < 4.78 is 4.77. The normalized spacial score (nSPS) is 12.1. The van der Waals surface area contributed by atoms with Gasteiger partial charge in [0, 0.05) is 6.92 Å². The van der Waals surface area contributed by atoms with E-state index >= 15 is 0 Å². The van der Waals surface area contributed by atoms with E-state index in [0.29, 0.717) is 6.42 Å². The predicted molar refractivity (Wildman–Crippen MR) is 84.3 cm³/mol. The lowest BCUT2D eigenvalue weighted by Crippen LogP contribution is -2.25. The third-order valence-corrected chi connectivity index (χ3v) is 3.65. The molecule has 0 unspecified atom stereocenters. The molecule has 0 aliphatic heterocycles. The number of carbonyl (C=O) groups excluding carboxylic acids is 1. The second-order valence-corrected chi connectivity index (χ2v) is 5.76. The zero-order chi connectivity index (χ0) is 15.9. The lowest BCUT2D eigenvalue weighted by molar-refractivity contribution is -0.163. The van der Waals surface area contributed by atoms with Crippen LogP contribution >= 0.6 is 0 Å². The largest absolute Gasteiger partial charge is 0.479 e. The maximum absolute atomic E-state index is 10.9. The van der Waals surface area contributed by atoms with Gasteiger partial charge in [0.2, 0.25) is 0 Å². The molecule has 1 N–H and O–H groups in total. The van der Waals surface area contributed by atoms with Crippen molar-refractivity contribution >= 4 is 11.9 Å². The van der Waals surface area contributed by atoms with Crippen molar-refractivity contribution in [3.8, 4) is 0 Å². The summed E-state index contributed by atoms with van der Waals surface area (Å²) in [7, 11) is 0. The number of aliphatic carboxylic acids is 1. The van der Waals surface area contributed by atoms with E-state index in [1.807, 2.05) is 0 Å². The first kappa shape index (κ1) is 19.9. The smallest absolute Gasteiger partial charge is 0.345 e. The van der Waals surface area contributed by atoms with Gasteiger partial charge in [-0.15, -0.1) is 0 Å². The third kappa shape index (κ3) is 13.7. The SMILES string of the molecule is CCCCCCCCCCCCC[C@@H](OC(C)=O)C(=O)O. The average Bonchev–Trinajstić information content (AvgIpc) is 2.42. The standard InChI is InChI=1S/C17H32O4/c1-3-4-5-6-7-8-9-10-11-12-13-14-16(17(19)20)21-15(2)18/h16H,3-14H2,1-2H3,(H,19,20)/t16-/m1/s1. The number of ether oxygens (including phenoxy) is 1. The number of hydrogen-bond acceptors (Lipinski definition) is 3. The molecule has 0 fully saturated rings. The van der Waals surface area contributed by atoms with Crippen LogP contribution in [0.3, 0.4) is 0 Å². The van der Waals surface area contributed by atoms with Gasteiger partial charge in [-0.2, -0.15) is 0 Å². The number of unbranched alkanes of at least 4 members (excludes halogenated alkanes) is 10. The molecular weight excluding hydrogens is 268 g/mol. The molecule has 0 aromatic carbocycles. The zero-order valence-electron chi connectivity index (χ0n) is 13.7. The van der Waals surface area contributed by atoms with Gasteiger partial charge in [0.25, 0.3) is 0 Å². The molecule has 124 valence electrons. The summed E-state index contributed by atoms with van der Waals surface area (Å²) in [5.74, 6) is -1.57. The molecule has 0 bridgehead atoms. The molecule has 0 radical (unpaired) electrons. The van der Waals surface area contributed by atoms with Gasteiger partial charge >= 0.3 is 11.9 Å². The van der Waals surface area contributed by atoms with Crippen LogP contribution in [0.25, 0.3) is 0 Å². The fourth-order valence-electron chi connectivity index (χ4n) is 2.43. The van der Waals surface area contributed by atoms with Gasteiger partial charge in [0.15, 0.2) is 6.10 Å². The van der Waals surface area contributed by atoms with E-state index in [0.717, 1.165) is 19.3 Å². The number of esters is 1. The molecule has 0 rings (SSSR count). The maximum Gasteiger partial charge on any atom is 0.345 e. The highest BCUT2D eigenvalue weighted by Gasteiger charge is 2.19. The predicted octanol–water partition coefficient (Wildman–Crippen LogP) is 4.70. The topological polar surface area (TPSA) is 63.6 Å². The Bertz CT molecular complexity index is 276. The minimum atomic E-state index is -1.04. The first-order valence-electron chi connectivity index (χ1n) is 8.48. The third-order valence-electron chi connectivity index (χ3n) is 3.65. The quantitative estimate of drug-likeness (QED) is 0.373. The second-order valence-electron chi connectivity index (χ2n) is 5.76. The van der Waals surface area contributed by atoms with Crippen LogP contribution in [-0.4, -0.2) is 23.1 Å². The van der Waals surface area contributed by atoms with Gasteiger partial charge < -0.3 is 9.84 Å². The van der Waals surface area contributed by atoms with E-state index in [1.54, 1.807) is 0 Å². The number of carboxylic acid groups (broad SMARTS) is 1. The molecule has 0 heterocycles. The van der Waals surface area contributed by atoms with Crippen molar-refractivity contribution < 1.29 is 19.4 Å². The highest BCUT2D eigenvalue weighted by atomic mass is 16.6. The maximum atomic E-state index is 10.9. The van der Waals surface area contributed by atoms with E-state index in [1.165, 1.54) is 58.3 Å². The van der Waals surface area contributed by atoms with Crippen LogP contribution in [0, 0.1) is 0 Å². The van der Waals surface area contributed by atoms with E-state index in [4.69, 9.17) is 9.84 Å². The number of hydrogen-bond donors (Lipinski definition) is 1. The summed E-state index contributed by atoms with van der Waals surface area (Å²) in [5, 5.41) is 8.91. The molecule has 4 nitrogen and oxygen atoms in total. The molecule has 0 aromatic heterocycles. The van der Waals surface area contributed by atoms with Crippen molar-refractivity contribution in [1.82, 2.24) is 0 Å². The van der Waals surface area contributed by atoms with Gasteiger partial charge in [-0.25, -0.2) is 4.79 Å². The van der Waals surface area contributed by atoms with Crippen LogP contribution in [0.2, 0.25) is 0 Å². The van der Waals surface area contributed by atoms with Crippen molar-refractivity contribution in [2.45, 2.75) is 97.0 Å². The lowest BCUT2D eigenvalue weighted by Gasteiger charge is -2.11. The molecule has 1 atom stereocenters. The monoisotopic (exact) mass is 300 g/mol. The van der Waals surface area contributed by atoms with Crippen LogP contribution in [0.5, 0.6) is 0 Å². The Labute approximate surface area is 129 Å². The van der Waals surface area contributed by atoms with Gasteiger partial charge in [-0.3, -0.25) is 4.79 Å². The van der Waals surface area contributed by atoms with Crippen molar-refractivity contribution in [1.29, 1.82) is 0 Å². The Morgan fingerprint density at radius 1 is 0.857 bits per heavy atom. The van der Waals surface area contributed by atoms with Gasteiger partial charge in [-0.1, -0.05) is 71.1 Å². The Morgan fingerprint density at radius 2 is 1.29 bits per heavy atom. The Morgan fingerprint density at radius 3 is 1.67 bits per heavy atom. The van der Waals surface area contributed by atoms with Crippen molar-refractivity contribution in [2.75, 3.05) is 0 Å². The first-order valence-corrected chi connectivity index (χ1v) is 8.48. The summed E-state index contributed by atoms with van der Waals surface area (Å²) >= 11 is 0. The molecule has 0 spiro atoms. The molecule has 0 aliphatic carbocycles. The highest BCUT2D eigenvalue weighted by molar-refractivity contribution is 5.76. The van der Waals surface area contributed by atoms with E-state index < -0.39 is 18.0 Å². The van der Waals surface area contributed by atoms with Crippen LogP contribution < -0.4 is 0 Å². The van der Waals surface area contributed by atoms with Gasteiger partial charge in [0.05, 0.1) is 0 Å². The zero-order valence-corrected chi connectivity index (χ0v) is 13.7. The minimum absolute atomic E-state index is 0.423. The summed E-state index contributed by atoms with van der Waals surface area (Å²) in [5.41, 5.74) is 0. The molecule has 0 amide bonds. The van der Waals surface area contributed by atoms with Crippen molar-refractivity contribution in [3.05, 3.63) is 0 Å². The summed E-state index contributed by atoms with van der Waals surface area (Å²) in [6, 6.07) is 0. The molecule has 21 heavy (non-hydrogen) atoms. The van der Waals surface area contributed by atoms with Gasteiger partial charge in [-0.05, 0) is 12.8 Å². The number of carboxylic acids is 1.